The molecule has 2 rings (SSSR count). The smallest absolute Gasteiger partial charge is 0.0562 e. The van der Waals surface area contributed by atoms with Crippen molar-refractivity contribution in [2.24, 2.45) is 5.73 Å². The number of hydrogen-bond acceptors (Lipinski definition) is 2. The first kappa shape index (κ1) is 15.1. The maximum atomic E-state index is 6.44. The zero-order valence-electron chi connectivity index (χ0n) is 12.7. The Morgan fingerprint density at radius 1 is 0.950 bits per heavy atom. The maximum absolute atomic E-state index is 6.44. The molecular formula is C18H23NS. The summed E-state index contributed by atoms with van der Waals surface area (Å²) in [6.45, 7) is 6.68. The van der Waals surface area contributed by atoms with Gasteiger partial charge in [0.2, 0.25) is 0 Å². The van der Waals surface area contributed by atoms with Crippen molar-refractivity contribution in [3.05, 3.63) is 65.2 Å². The molecule has 0 aliphatic heterocycles. The van der Waals surface area contributed by atoms with Crippen LogP contribution in [-0.4, -0.2) is 6.26 Å². The predicted molar refractivity (Wildman–Crippen MR) is 89.4 cm³/mol. The Morgan fingerprint density at radius 3 is 2.10 bits per heavy atom. The van der Waals surface area contributed by atoms with E-state index in [0.29, 0.717) is 0 Å². The summed E-state index contributed by atoms with van der Waals surface area (Å²) < 4.78 is 0. The molecule has 0 saturated heterocycles. The van der Waals surface area contributed by atoms with Crippen molar-refractivity contribution < 1.29 is 0 Å². The molecule has 0 amide bonds. The van der Waals surface area contributed by atoms with E-state index in [-0.39, 0.29) is 11.5 Å². The SMILES string of the molecule is CSc1ccccc1C(N)c1ccc(C(C)(C)C)cc1. The first-order valence-corrected chi connectivity index (χ1v) is 8.15. The molecule has 1 nitrogen and oxygen atoms in total. The average molecular weight is 285 g/mol. The lowest BCUT2D eigenvalue weighted by Crippen LogP contribution is -2.14. The summed E-state index contributed by atoms with van der Waals surface area (Å²) in [5, 5.41) is 0. The number of thioether (sulfide) groups is 1. The van der Waals surface area contributed by atoms with E-state index in [1.54, 1.807) is 11.8 Å². The van der Waals surface area contributed by atoms with Gasteiger partial charge in [0.05, 0.1) is 6.04 Å². The lowest BCUT2D eigenvalue weighted by Gasteiger charge is -2.21. The highest BCUT2D eigenvalue weighted by Crippen LogP contribution is 2.30. The van der Waals surface area contributed by atoms with Crippen molar-refractivity contribution in [2.75, 3.05) is 6.26 Å². The van der Waals surface area contributed by atoms with Gasteiger partial charge >= 0.3 is 0 Å². The summed E-state index contributed by atoms with van der Waals surface area (Å²) in [5.41, 5.74) is 10.3. The minimum Gasteiger partial charge on any atom is -0.320 e. The Kier molecular flexibility index (Phi) is 4.56. The van der Waals surface area contributed by atoms with Crippen molar-refractivity contribution in [3.63, 3.8) is 0 Å². The van der Waals surface area contributed by atoms with Gasteiger partial charge in [-0.25, -0.2) is 0 Å². The lowest BCUT2D eigenvalue weighted by atomic mass is 9.86. The largest absolute Gasteiger partial charge is 0.320 e. The van der Waals surface area contributed by atoms with Gasteiger partial charge < -0.3 is 5.73 Å². The van der Waals surface area contributed by atoms with E-state index in [4.69, 9.17) is 5.73 Å². The van der Waals surface area contributed by atoms with Crippen molar-refractivity contribution in [1.29, 1.82) is 0 Å². The molecule has 0 spiro atoms. The molecule has 106 valence electrons. The van der Waals surface area contributed by atoms with Crippen LogP contribution in [0.1, 0.15) is 43.5 Å². The molecule has 2 aromatic rings. The molecule has 0 bridgehead atoms. The fourth-order valence-corrected chi connectivity index (χ4v) is 2.94. The van der Waals surface area contributed by atoms with Gasteiger partial charge in [0.25, 0.3) is 0 Å². The van der Waals surface area contributed by atoms with Gasteiger partial charge in [-0.05, 0) is 34.4 Å². The third-order valence-corrected chi connectivity index (χ3v) is 4.42. The zero-order chi connectivity index (χ0) is 14.8. The number of benzene rings is 2. The van der Waals surface area contributed by atoms with Crippen LogP contribution in [0, 0.1) is 0 Å². The van der Waals surface area contributed by atoms with E-state index in [1.807, 2.05) is 0 Å². The van der Waals surface area contributed by atoms with Gasteiger partial charge in [-0.2, -0.15) is 0 Å². The second-order valence-electron chi connectivity index (χ2n) is 6.09. The first-order chi connectivity index (χ1) is 9.43. The van der Waals surface area contributed by atoms with E-state index in [9.17, 15) is 0 Å². The molecular weight excluding hydrogens is 262 g/mol. The monoisotopic (exact) mass is 285 g/mol. The lowest BCUT2D eigenvalue weighted by molar-refractivity contribution is 0.589. The summed E-state index contributed by atoms with van der Waals surface area (Å²) in [4.78, 5) is 1.25. The molecule has 0 aliphatic carbocycles. The minimum atomic E-state index is -0.0623. The number of nitrogens with two attached hydrogens (primary N) is 1. The van der Waals surface area contributed by atoms with Crippen LogP contribution in [0.25, 0.3) is 0 Å². The Labute approximate surface area is 126 Å². The minimum absolute atomic E-state index is 0.0623. The standard InChI is InChI=1S/C18H23NS/c1-18(2,3)14-11-9-13(10-12-14)17(19)15-7-5-6-8-16(15)20-4/h5-12,17H,19H2,1-4H3. The molecule has 0 fully saturated rings. The molecule has 2 N–H and O–H groups in total. The summed E-state index contributed by atoms with van der Waals surface area (Å²) >= 11 is 1.75. The second-order valence-corrected chi connectivity index (χ2v) is 6.94. The summed E-state index contributed by atoms with van der Waals surface area (Å²) in [6.07, 6.45) is 2.09. The van der Waals surface area contributed by atoms with Crippen LogP contribution in [0.4, 0.5) is 0 Å². The van der Waals surface area contributed by atoms with Crippen LogP contribution < -0.4 is 5.73 Å². The summed E-state index contributed by atoms with van der Waals surface area (Å²) in [5.74, 6) is 0. The molecule has 0 aromatic heterocycles. The van der Waals surface area contributed by atoms with E-state index in [1.165, 1.54) is 21.6 Å². The zero-order valence-corrected chi connectivity index (χ0v) is 13.5. The van der Waals surface area contributed by atoms with Crippen molar-refractivity contribution in [1.82, 2.24) is 0 Å². The van der Waals surface area contributed by atoms with Gasteiger partial charge in [0, 0.05) is 4.90 Å². The van der Waals surface area contributed by atoms with Gasteiger partial charge in [-0.1, -0.05) is 63.2 Å². The van der Waals surface area contributed by atoms with Crippen LogP contribution in [0.3, 0.4) is 0 Å². The summed E-state index contributed by atoms with van der Waals surface area (Å²) in [7, 11) is 0. The van der Waals surface area contributed by atoms with Crippen LogP contribution >= 0.6 is 11.8 Å². The average Bonchev–Trinajstić information content (AvgIpc) is 2.45. The molecule has 2 heteroatoms. The predicted octanol–water partition coefficient (Wildman–Crippen LogP) is 4.75. The van der Waals surface area contributed by atoms with Gasteiger partial charge in [0.1, 0.15) is 0 Å². The third kappa shape index (κ3) is 3.25. The van der Waals surface area contributed by atoms with Crippen LogP contribution in [0.15, 0.2) is 53.4 Å². The molecule has 1 atom stereocenters. The quantitative estimate of drug-likeness (QED) is 0.823. The molecule has 0 aliphatic rings. The molecule has 0 radical (unpaired) electrons. The van der Waals surface area contributed by atoms with E-state index in [2.05, 4.69) is 75.6 Å². The fraction of sp³-hybridized carbons (Fsp3) is 0.333. The maximum Gasteiger partial charge on any atom is 0.0562 e. The highest BCUT2D eigenvalue weighted by Gasteiger charge is 2.16. The third-order valence-electron chi connectivity index (χ3n) is 3.61. The number of hydrogen-bond donors (Lipinski definition) is 1. The van der Waals surface area contributed by atoms with E-state index < -0.39 is 0 Å². The molecule has 1 unspecified atom stereocenters. The topological polar surface area (TPSA) is 26.0 Å². The fourth-order valence-electron chi connectivity index (χ4n) is 2.29. The van der Waals surface area contributed by atoms with Gasteiger partial charge in [0.15, 0.2) is 0 Å². The molecule has 20 heavy (non-hydrogen) atoms. The van der Waals surface area contributed by atoms with E-state index >= 15 is 0 Å². The molecule has 0 heterocycles. The Morgan fingerprint density at radius 2 is 1.55 bits per heavy atom. The van der Waals surface area contributed by atoms with Crippen LogP contribution in [-0.2, 0) is 5.41 Å². The first-order valence-electron chi connectivity index (χ1n) is 6.92. The highest BCUT2D eigenvalue weighted by molar-refractivity contribution is 7.98. The normalized spacial score (nSPS) is 13.2. The van der Waals surface area contributed by atoms with Crippen LogP contribution in [0.2, 0.25) is 0 Å². The highest BCUT2D eigenvalue weighted by atomic mass is 32.2. The van der Waals surface area contributed by atoms with Crippen molar-refractivity contribution in [3.8, 4) is 0 Å². The van der Waals surface area contributed by atoms with Gasteiger partial charge in [-0.3, -0.25) is 0 Å². The van der Waals surface area contributed by atoms with E-state index in [0.717, 1.165) is 0 Å². The Balaban J connectivity index is 2.32. The summed E-state index contributed by atoms with van der Waals surface area (Å²) in [6, 6.07) is 17.0. The molecule has 0 saturated carbocycles. The van der Waals surface area contributed by atoms with Gasteiger partial charge in [-0.15, -0.1) is 11.8 Å². The van der Waals surface area contributed by atoms with Crippen molar-refractivity contribution >= 4 is 11.8 Å². The van der Waals surface area contributed by atoms with Crippen LogP contribution in [0.5, 0.6) is 0 Å². The second kappa shape index (κ2) is 6.02. The Bertz CT molecular complexity index is 567. The molecule has 2 aromatic carbocycles. The number of rotatable bonds is 3. The van der Waals surface area contributed by atoms with Crippen molar-refractivity contribution in [2.45, 2.75) is 37.1 Å². The Hall–Kier alpha value is -1.25.